The fourth-order valence-corrected chi connectivity index (χ4v) is 5.60. The Morgan fingerprint density at radius 3 is 2.58 bits per heavy atom. The molecule has 1 aliphatic carbocycles. The van der Waals surface area contributed by atoms with Crippen LogP contribution in [0.25, 0.3) is 0 Å². The van der Waals surface area contributed by atoms with Crippen molar-refractivity contribution in [1.29, 1.82) is 0 Å². The highest BCUT2D eigenvalue weighted by atomic mass is 32.1. The van der Waals surface area contributed by atoms with E-state index in [4.69, 9.17) is 4.98 Å². The van der Waals surface area contributed by atoms with Crippen LogP contribution < -0.4 is 10.6 Å². The second-order valence-corrected chi connectivity index (χ2v) is 10.2. The van der Waals surface area contributed by atoms with E-state index in [1.54, 1.807) is 16.2 Å². The maximum absolute atomic E-state index is 12.8. The van der Waals surface area contributed by atoms with Crippen molar-refractivity contribution in [2.45, 2.75) is 58.4 Å². The van der Waals surface area contributed by atoms with E-state index in [0.717, 1.165) is 64.2 Å². The van der Waals surface area contributed by atoms with Crippen LogP contribution in [-0.4, -0.2) is 74.0 Å². The average Bonchev–Trinajstić information content (AvgIpc) is 3.44. The summed E-state index contributed by atoms with van der Waals surface area (Å²) in [6.45, 7) is 6.98. The maximum atomic E-state index is 12.8. The summed E-state index contributed by atoms with van der Waals surface area (Å²) in [7, 11) is 5.53. The summed E-state index contributed by atoms with van der Waals surface area (Å²) in [5, 5.41) is 10.4. The molecule has 2 fully saturated rings. The molecule has 174 valence electrons. The third kappa shape index (κ3) is 6.42. The Balaban J connectivity index is 1.40. The van der Waals surface area contributed by atoms with Gasteiger partial charge in [0.15, 0.2) is 5.96 Å². The number of hydrogen-bond acceptors (Lipinski definition) is 5. The lowest BCUT2D eigenvalue weighted by Gasteiger charge is -2.33. The van der Waals surface area contributed by atoms with Gasteiger partial charge in [0.25, 0.3) is 0 Å². The van der Waals surface area contributed by atoms with E-state index >= 15 is 0 Å². The monoisotopic (exact) mass is 448 g/mol. The van der Waals surface area contributed by atoms with Gasteiger partial charge in [0.05, 0.1) is 16.1 Å². The van der Waals surface area contributed by atoms with Gasteiger partial charge in [-0.3, -0.25) is 14.7 Å². The number of amides is 1. The average molecular weight is 449 g/mol. The summed E-state index contributed by atoms with van der Waals surface area (Å²) in [5.74, 6) is 1.71. The van der Waals surface area contributed by atoms with Crippen molar-refractivity contribution in [3.8, 4) is 0 Å². The zero-order valence-electron chi connectivity index (χ0n) is 19.7. The van der Waals surface area contributed by atoms with Crippen LogP contribution >= 0.6 is 11.3 Å². The van der Waals surface area contributed by atoms with Gasteiger partial charge in [-0.15, -0.1) is 11.3 Å². The Bertz CT molecular complexity index is 732. The molecule has 8 heteroatoms. The van der Waals surface area contributed by atoms with E-state index in [-0.39, 0.29) is 11.3 Å². The molecule has 1 saturated carbocycles. The van der Waals surface area contributed by atoms with Crippen molar-refractivity contribution >= 4 is 23.2 Å². The van der Waals surface area contributed by atoms with Crippen molar-refractivity contribution in [3.05, 3.63) is 16.1 Å². The highest BCUT2D eigenvalue weighted by Crippen LogP contribution is 2.38. The number of carbonyl (C=O) groups is 1. The fourth-order valence-electron chi connectivity index (χ4n) is 4.87. The van der Waals surface area contributed by atoms with Crippen LogP contribution in [0.1, 0.15) is 56.2 Å². The first-order chi connectivity index (χ1) is 15.0. The number of nitrogens with one attached hydrogen (secondary N) is 2. The van der Waals surface area contributed by atoms with Gasteiger partial charge in [0, 0.05) is 46.2 Å². The Labute approximate surface area is 191 Å². The third-order valence-electron chi connectivity index (χ3n) is 6.79. The predicted molar refractivity (Wildman–Crippen MR) is 128 cm³/mol. The van der Waals surface area contributed by atoms with Gasteiger partial charge in [0.1, 0.15) is 0 Å². The molecular formula is C23H40N6OS. The zero-order valence-corrected chi connectivity index (χ0v) is 20.6. The van der Waals surface area contributed by atoms with Crippen LogP contribution in [0.2, 0.25) is 0 Å². The molecule has 0 aromatic carbocycles. The first-order valence-corrected chi connectivity index (χ1v) is 12.7. The van der Waals surface area contributed by atoms with Crippen LogP contribution in [0, 0.1) is 11.3 Å². The standard InChI is InChI=1S/C23H40N6OS/c1-5-20-27-19(16-31-20)15-29-12-8-18(9-13-29)14-25-22(24-2)26-17-23(10-6-7-11-23)21(30)28(3)4/h16,18H,5-15,17H2,1-4H3,(H2,24,25,26). The van der Waals surface area contributed by atoms with Crippen LogP contribution in [0.4, 0.5) is 0 Å². The van der Waals surface area contributed by atoms with Crippen LogP contribution in [-0.2, 0) is 17.8 Å². The lowest BCUT2D eigenvalue weighted by atomic mass is 9.84. The first kappa shape index (κ1) is 24.0. The molecule has 1 saturated heterocycles. The Kier molecular flexibility index (Phi) is 8.72. The number of hydrogen-bond donors (Lipinski definition) is 2. The van der Waals surface area contributed by atoms with Crippen molar-refractivity contribution in [2.75, 3.05) is 47.3 Å². The molecule has 0 unspecified atom stereocenters. The zero-order chi connectivity index (χ0) is 22.3. The number of rotatable bonds is 8. The SMILES string of the molecule is CCc1nc(CN2CCC(CNC(=NC)NCC3(C(=O)N(C)C)CCCC3)CC2)cs1. The second kappa shape index (κ2) is 11.3. The molecule has 2 aliphatic rings. The molecule has 31 heavy (non-hydrogen) atoms. The van der Waals surface area contributed by atoms with Crippen molar-refractivity contribution < 1.29 is 4.79 Å². The van der Waals surface area contributed by atoms with E-state index in [1.807, 2.05) is 21.1 Å². The van der Waals surface area contributed by atoms with E-state index in [9.17, 15) is 4.79 Å². The van der Waals surface area contributed by atoms with Gasteiger partial charge in [-0.2, -0.15) is 0 Å². The molecule has 0 radical (unpaired) electrons. The van der Waals surface area contributed by atoms with Crippen molar-refractivity contribution in [1.82, 2.24) is 25.4 Å². The number of piperidine rings is 1. The van der Waals surface area contributed by atoms with Gasteiger partial charge >= 0.3 is 0 Å². The summed E-state index contributed by atoms with van der Waals surface area (Å²) in [5.41, 5.74) is 0.941. The van der Waals surface area contributed by atoms with Gasteiger partial charge in [-0.25, -0.2) is 4.98 Å². The number of aliphatic imine (C=N–C) groups is 1. The Morgan fingerprint density at radius 1 is 1.29 bits per heavy atom. The Hall–Kier alpha value is -1.67. The molecule has 2 heterocycles. The van der Waals surface area contributed by atoms with E-state index in [0.29, 0.717) is 12.5 Å². The largest absolute Gasteiger partial charge is 0.356 e. The molecule has 0 bridgehead atoms. The highest BCUT2D eigenvalue weighted by molar-refractivity contribution is 7.09. The predicted octanol–water partition coefficient (Wildman–Crippen LogP) is 2.73. The van der Waals surface area contributed by atoms with E-state index < -0.39 is 0 Å². The minimum absolute atomic E-state index is 0.242. The molecular weight excluding hydrogens is 408 g/mol. The number of guanidine groups is 1. The number of likely N-dealkylation sites (tertiary alicyclic amines) is 1. The summed E-state index contributed by atoms with van der Waals surface area (Å²) in [6, 6.07) is 0. The van der Waals surface area contributed by atoms with Gasteiger partial charge in [0.2, 0.25) is 5.91 Å². The third-order valence-corrected chi connectivity index (χ3v) is 7.83. The summed E-state index contributed by atoms with van der Waals surface area (Å²) in [6.07, 6.45) is 7.60. The minimum atomic E-state index is -0.278. The summed E-state index contributed by atoms with van der Waals surface area (Å²) in [4.78, 5) is 26.1. The molecule has 7 nitrogen and oxygen atoms in total. The molecule has 0 spiro atoms. The summed E-state index contributed by atoms with van der Waals surface area (Å²) >= 11 is 1.78. The van der Waals surface area contributed by atoms with Crippen LogP contribution in [0.15, 0.2) is 10.4 Å². The minimum Gasteiger partial charge on any atom is -0.356 e. The van der Waals surface area contributed by atoms with E-state index in [1.165, 1.54) is 23.5 Å². The molecule has 1 aliphatic heterocycles. The molecule has 1 amide bonds. The lowest BCUT2D eigenvalue weighted by Crippen LogP contribution is -2.50. The normalized spacial score (nSPS) is 20.1. The molecule has 2 N–H and O–H groups in total. The van der Waals surface area contributed by atoms with Crippen LogP contribution in [0.5, 0.6) is 0 Å². The number of carbonyl (C=O) groups excluding carboxylic acids is 1. The topological polar surface area (TPSA) is 72.9 Å². The quantitative estimate of drug-likeness (QED) is 0.473. The maximum Gasteiger partial charge on any atom is 0.230 e. The molecule has 0 atom stereocenters. The van der Waals surface area contributed by atoms with Crippen LogP contribution in [0.3, 0.4) is 0 Å². The number of aryl methyl sites for hydroxylation is 1. The van der Waals surface area contributed by atoms with Crippen molar-refractivity contribution in [3.63, 3.8) is 0 Å². The number of thiazole rings is 1. The lowest BCUT2D eigenvalue weighted by molar-refractivity contribution is -0.138. The van der Waals surface area contributed by atoms with Crippen molar-refractivity contribution in [2.24, 2.45) is 16.3 Å². The van der Waals surface area contributed by atoms with Gasteiger partial charge < -0.3 is 15.5 Å². The second-order valence-electron chi connectivity index (χ2n) is 9.30. The fraction of sp³-hybridized carbons (Fsp3) is 0.783. The highest BCUT2D eigenvalue weighted by Gasteiger charge is 2.42. The first-order valence-electron chi connectivity index (χ1n) is 11.8. The van der Waals surface area contributed by atoms with Gasteiger partial charge in [-0.1, -0.05) is 19.8 Å². The van der Waals surface area contributed by atoms with Gasteiger partial charge in [-0.05, 0) is 51.1 Å². The summed E-state index contributed by atoms with van der Waals surface area (Å²) < 4.78 is 0. The molecule has 1 aromatic rings. The number of nitrogens with zero attached hydrogens (tertiary/aromatic N) is 4. The molecule has 3 rings (SSSR count). The smallest absolute Gasteiger partial charge is 0.230 e. The molecule has 1 aromatic heterocycles. The Morgan fingerprint density at radius 2 is 2.00 bits per heavy atom. The van der Waals surface area contributed by atoms with E-state index in [2.05, 4.69) is 32.8 Å². The number of aromatic nitrogens is 1.